The molecule has 1 aromatic carbocycles. The molecule has 136 valence electrons. The molecule has 2 heterocycles. The van der Waals surface area contributed by atoms with E-state index in [9.17, 15) is 9.59 Å². The van der Waals surface area contributed by atoms with E-state index in [4.69, 9.17) is 14.2 Å². The third-order valence-corrected chi connectivity index (χ3v) is 5.64. The van der Waals surface area contributed by atoms with Gasteiger partial charge >= 0.3 is 5.97 Å². The van der Waals surface area contributed by atoms with Gasteiger partial charge in [0.05, 0.1) is 13.0 Å². The highest BCUT2D eigenvalue weighted by Gasteiger charge is 2.24. The number of esters is 1. The molecule has 0 bridgehead atoms. The number of amides is 1. The fourth-order valence-corrected chi connectivity index (χ4v) is 4.22. The van der Waals surface area contributed by atoms with E-state index < -0.39 is 0 Å². The van der Waals surface area contributed by atoms with E-state index >= 15 is 0 Å². The van der Waals surface area contributed by atoms with E-state index in [1.165, 1.54) is 5.56 Å². The molecule has 1 amide bonds. The summed E-state index contributed by atoms with van der Waals surface area (Å²) >= 11 is 1.85. The first-order chi connectivity index (χ1) is 12.2. The van der Waals surface area contributed by atoms with Gasteiger partial charge in [-0.2, -0.15) is 11.8 Å². The third kappa shape index (κ3) is 4.60. The Labute approximate surface area is 151 Å². The molecule has 1 aromatic rings. The van der Waals surface area contributed by atoms with Gasteiger partial charge in [-0.05, 0) is 31.0 Å². The summed E-state index contributed by atoms with van der Waals surface area (Å²) in [6.45, 7) is 3.81. The predicted octanol–water partition coefficient (Wildman–Crippen LogP) is 2.77. The van der Waals surface area contributed by atoms with Crippen LogP contribution in [0.4, 0.5) is 0 Å². The van der Waals surface area contributed by atoms with Crippen LogP contribution in [0, 0.1) is 0 Å². The quantitative estimate of drug-likeness (QED) is 0.748. The van der Waals surface area contributed by atoms with Crippen molar-refractivity contribution in [1.82, 2.24) is 4.90 Å². The number of nitrogens with zero attached hydrogens (tertiary/aromatic N) is 1. The maximum absolute atomic E-state index is 12.3. The Morgan fingerprint density at radius 2 is 2.08 bits per heavy atom. The molecule has 25 heavy (non-hydrogen) atoms. The highest BCUT2D eigenvalue weighted by Crippen LogP contribution is 2.40. The van der Waals surface area contributed by atoms with E-state index in [0.29, 0.717) is 24.9 Å². The number of ether oxygens (including phenoxy) is 3. The van der Waals surface area contributed by atoms with E-state index in [-0.39, 0.29) is 31.5 Å². The molecule has 0 N–H and O–H groups in total. The molecular formula is C18H23NO5S. The summed E-state index contributed by atoms with van der Waals surface area (Å²) in [5.74, 6) is 2.19. The summed E-state index contributed by atoms with van der Waals surface area (Å²) in [5.41, 5.74) is 1.20. The molecule has 0 aliphatic carbocycles. The molecule has 2 aliphatic rings. The smallest absolute Gasteiger partial charge is 0.306 e. The van der Waals surface area contributed by atoms with Gasteiger partial charge in [0.15, 0.2) is 11.5 Å². The lowest BCUT2D eigenvalue weighted by Gasteiger charge is -2.20. The Kier molecular flexibility index (Phi) is 6.07. The Hall–Kier alpha value is -1.89. The van der Waals surface area contributed by atoms with Crippen molar-refractivity contribution < 1.29 is 23.8 Å². The van der Waals surface area contributed by atoms with Crippen LogP contribution in [0.3, 0.4) is 0 Å². The number of carbonyl (C=O) groups is 2. The summed E-state index contributed by atoms with van der Waals surface area (Å²) in [5, 5.41) is 0.331. The zero-order valence-electron chi connectivity index (χ0n) is 14.4. The average molecular weight is 365 g/mol. The van der Waals surface area contributed by atoms with Gasteiger partial charge in [0.1, 0.15) is 0 Å². The average Bonchev–Trinajstić information content (AvgIpc) is 2.94. The molecule has 0 aromatic heterocycles. The first kappa shape index (κ1) is 17.9. The highest BCUT2D eigenvalue weighted by molar-refractivity contribution is 7.99. The second kappa shape index (κ2) is 8.47. The predicted molar refractivity (Wildman–Crippen MR) is 94.8 cm³/mol. The van der Waals surface area contributed by atoms with Crippen molar-refractivity contribution in [3.63, 3.8) is 0 Å². The van der Waals surface area contributed by atoms with Crippen molar-refractivity contribution in [2.75, 3.05) is 32.2 Å². The number of hydrogen-bond acceptors (Lipinski definition) is 6. The molecule has 2 aliphatic heterocycles. The minimum atomic E-state index is -0.307. The minimum Gasteiger partial charge on any atom is -0.466 e. The molecule has 0 radical (unpaired) electrons. The fourth-order valence-electron chi connectivity index (χ4n) is 3.00. The standard InChI is InChI=1S/C18H23NO5S/c1-2-22-18(21)6-5-17(20)19-8-7-16(25-10-9-19)13-3-4-14-15(11-13)24-12-23-14/h3-4,11,16H,2,5-10,12H2,1H3. The van der Waals surface area contributed by atoms with Gasteiger partial charge < -0.3 is 19.1 Å². The maximum atomic E-state index is 12.3. The lowest BCUT2D eigenvalue weighted by molar-refractivity contribution is -0.145. The minimum absolute atomic E-state index is 0.0278. The molecular weight excluding hydrogens is 342 g/mol. The zero-order valence-corrected chi connectivity index (χ0v) is 15.2. The number of hydrogen-bond donors (Lipinski definition) is 0. The second-order valence-electron chi connectivity index (χ2n) is 5.95. The third-order valence-electron chi connectivity index (χ3n) is 4.31. The number of thioether (sulfide) groups is 1. The number of benzene rings is 1. The van der Waals surface area contributed by atoms with Crippen LogP contribution in [0.15, 0.2) is 18.2 Å². The normalized spacial score (nSPS) is 19.4. The largest absolute Gasteiger partial charge is 0.466 e. The number of carbonyl (C=O) groups excluding carboxylic acids is 2. The Morgan fingerprint density at radius 3 is 2.92 bits per heavy atom. The van der Waals surface area contributed by atoms with Crippen LogP contribution < -0.4 is 9.47 Å². The van der Waals surface area contributed by atoms with Gasteiger partial charge in [0.25, 0.3) is 0 Å². The fraction of sp³-hybridized carbons (Fsp3) is 0.556. The van der Waals surface area contributed by atoms with Crippen LogP contribution >= 0.6 is 11.8 Å². The summed E-state index contributed by atoms with van der Waals surface area (Å²) < 4.78 is 15.7. The van der Waals surface area contributed by atoms with Crippen molar-refractivity contribution in [3.05, 3.63) is 23.8 Å². The first-order valence-electron chi connectivity index (χ1n) is 8.62. The van der Waals surface area contributed by atoms with Gasteiger partial charge in [-0.1, -0.05) is 6.07 Å². The lowest BCUT2D eigenvalue weighted by Crippen LogP contribution is -2.33. The van der Waals surface area contributed by atoms with Gasteiger partial charge in [-0.25, -0.2) is 0 Å². The number of rotatable bonds is 5. The summed E-state index contributed by atoms with van der Waals surface area (Å²) in [7, 11) is 0. The first-order valence-corrected chi connectivity index (χ1v) is 9.67. The van der Waals surface area contributed by atoms with Crippen LogP contribution in [-0.4, -0.2) is 49.0 Å². The van der Waals surface area contributed by atoms with Crippen LogP contribution in [-0.2, 0) is 14.3 Å². The molecule has 0 saturated carbocycles. The van der Waals surface area contributed by atoms with Crippen molar-refractivity contribution in [3.8, 4) is 11.5 Å². The molecule has 1 atom stereocenters. The van der Waals surface area contributed by atoms with Crippen LogP contribution in [0.25, 0.3) is 0 Å². The van der Waals surface area contributed by atoms with Crippen LogP contribution in [0.1, 0.15) is 37.0 Å². The van der Waals surface area contributed by atoms with Crippen LogP contribution in [0.2, 0.25) is 0 Å². The Balaban J connectivity index is 1.53. The van der Waals surface area contributed by atoms with Crippen molar-refractivity contribution >= 4 is 23.6 Å². The summed E-state index contributed by atoms with van der Waals surface area (Å²) in [4.78, 5) is 25.6. The molecule has 1 saturated heterocycles. The van der Waals surface area contributed by atoms with Gasteiger partial charge in [0.2, 0.25) is 12.7 Å². The van der Waals surface area contributed by atoms with Crippen molar-refractivity contribution in [2.24, 2.45) is 0 Å². The van der Waals surface area contributed by atoms with E-state index in [1.807, 2.05) is 28.8 Å². The second-order valence-corrected chi connectivity index (χ2v) is 7.26. The lowest BCUT2D eigenvalue weighted by atomic mass is 10.1. The topological polar surface area (TPSA) is 65.1 Å². The zero-order chi connectivity index (χ0) is 17.6. The van der Waals surface area contributed by atoms with E-state index in [0.717, 1.165) is 23.7 Å². The molecule has 6 nitrogen and oxygen atoms in total. The molecule has 1 unspecified atom stereocenters. The van der Waals surface area contributed by atoms with Crippen LogP contribution in [0.5, 0.6) is 11.5 Å². The van der Waals surface area contributed by atoms with Gasteiger partial charge in [0, 0.05) is 30.5 Å². The SMILES string of the molecule is CCOC(=O)CCC(=O)N1CCSC(c2ccc3c(c2)OCO3)CC1. The van der Waals surface area contributed by atoms with E-state index in [1.54, 1.807) is 6.92 Å². The van der Waals surface area contributed by atoms with Gasteiger partial charge in [-0.15, -0.1) is 0 Å². The molecule has 3 rings (SSSR count). The summed E-state index contributed by atoms with van der Waals surface area (Å²) in [6.07, 6.45) is 1.26. The summed E-state index contributed by atoms with van der Waals surface area (Å²) in [6, 6.07) is 6.06. The maximum Gasteiger partial charge on any atom is 0.306 e. The van der Waals surface area contributed by atoms with Crippen molar-refractivity contribution in [1.29, 1.82) is 0 Å². The number of fused-ring (bicyclic) bond motifs is 1. The monoisotopic (exact) mass is 365 g/mol. The van der Waals surface area contributed by atoms with Gasteiger partial charge in [-0.3, -0.25) is 9.59 Å². The van der Waals surface area contributed by atoms with E-state index in [2.05, 4.69) is 6.07 Å². The Morgan fingerprint density at radius 1 is 1.24 bits per heavy atom. The molecule has 1 fully saturated rings. The highest BCUT2D eigenvalue weighted by atomic mass is 32.2. The molecule has 0 spiro atoms. The Bertz CT molecular complexity index is 636. The molecule has 7 heteroatoms. The van der Waals surface area contributed by atoms with Crippen molar-refractivity contribution in [2.45, 2.75) is 31.4 Å².